The largest absolute Gasteiger partial charge is 0.496 e. The predicted molar refractivity (Wildman–Crippen MR) is 100 cm³/mol. The molecular weight excluding hydrogens is 340 g/mol. The fourth-order valence-electron chi connectivity index (χ4n) is 2.66. The lowest BCUT2D eigenvalue weighted by molar-refractivity contribution is -0.120. The fourth-order valence-corrected chi connectivity index (χ4v) is 2.85. The summed E-state index contributed by atoms with van der Waals surface area (Å²) in [5.41, 5.74) is 3.44. The van der Waals surface area contributed by atoms with E-state index in [0.717, 1.165) is 28.4 Å². The SMILES string of the molecule is COc1ccc(Cl)cc1CN(C)[C@@H](C)C(=O)Nc1c(C)nn(C)c1C. The maximum atomic E-state index is 12.6. The molecule has 1 heterocycles. The summed E-state index contributed by atoms with van der Waals surface area (Å²) in [6, 6.07) is 5.14. The van der Waals surface area contributed by atoms with Crippen LogP contribution in [0.25, 0.3) is 0 Å². The number of aromatic nitrogens is 2. The number of anilines is 1. The average Bonchev–Trinajstić information content (AvgIpc) is 2.80. The van der Waals surface area contributed by atoms with Crippen LogP contribution >= 0.6 is 11.6 Å². The van der Waals surface area contributed by atoms with Gasteiger partial charge < -0.3 is 10.1 Å². The summed E-state index contributed by atoms with van der Waals surface area (Å²) in [5, 5.41) is 7.95. The minimum absolute atomic E-state index is 0.0808. The van der Waals surface area contributed by atoms with Crippen molar-refractivity contribution in [2.24, 2.45) is 7.05 Å². The molecule has 0 bridgehead atoms. The van der Waals surface area contributed by atoms with Gasteiger partial charge in [0.2, 0.25) is 5.91 Å². The molecule has 0 aliphatic carbocycles. The number of carbonyl (C=O) groups is 1. The summed E-state index contributed by atoms with van der Waals surface area (Å²) < 4.78 is 7.13. The Kier molecular flexibility index (Phi) is 6.08. The van der Waals surface area contributed by atoms with Crippen molar-refractivity contribution in [2.45, 2.75) is 33.4 Å². The molecule has 1 N–H and O–H groups in total. The lowest BCUT2D eigenvalue weighted by Gasteiger charge is -2.25. The van der Waals surface area contributed by atoms with Crippen LogP contribution in [0.1, 0.15) is 23.9 Å². The molecule has 1 atom stereocenters. The van der Waals surface area contributed by atoms with E-state index in [-0.39, 0.29) is 11.9 Å². The first-order chi connectivity index (χ1) is 11.7. The summed E-state index contributed by atoms with van der Waals surface area (Å²) in [6.07, 6.45) is 0. The van der Waals surface area contributed by atoms with Gasteiger partial charge in [0.05, 0.1) is 30.2 Å². The second-order valence-electron chi connectivity index (χ2n) is 6.21. The van der Waals surface area contributed by atoms with Crippen molar-refractivity contribution in [1.82, 2.24) is 14.7 Å². The van der Waals surface area contributed by atoms with E-state index < -0.39 is 0 Å². The molecule has 1 aromatic carbocycles. The van der Waals surface area contributed by atoms with Crippen LogP contribution in [0.4, 0.5) is 5.69 Å². The lowest BCUT2D eigenvalue weighted by Crippen LogP contribution is -2.39. The Hall–Kier alpha value is -2.05. The lowest BCUT2D eigenvalue weighted by atomic mass is 10.1. The van der Waals surface area contributed by atoms with Crippen molar-refractivity contribution in [3.63, 3.8) is 0 Å². The first kappa shape index (κ1) is 19.3. The van der Waals surface area contributed by atoms with Gasteiger partial charge in [0.15, 0.2) is 0 Å². The van der Waals surface area contributed by atoms with E-state index in [1.807, 2.05) is 51.9 Å². The molecule has 0 radical (unpaired) electrons. The van der Waals surface area contributed by atoms with Crippen molar-refractivity contribution in [3.8, 4) is 5.75 Å². The van der Waals surface area contributed by atoms with Gasteiger partial charge >= 0.3 is 0 Å². The zero-order valence-electron chi connectivity index (χ0n) is 15.6. The molecule has 6 nitrogen and oxygen atoms in total. The second-order valence-corrected chi connectivity index (χ2v) is 6.64. The zero-order valence-corrected chi connectivity index (χ0v) is 16.3. The van der Waals surface area contributed by atoms with Crippen LogP contribution in [0, 0.1) is 13.8 Å². The molecule has 1 aromatic heterocycles. The highest BCUT2D eigenvalue weighted by Gasteiger charge is 2.22. The van der Waals surface area contributed by atoms with E-state index in [1.165, 1.54) is 0 Å². The van der Waals surface area contributed by atoms with Gasteiger partial charge in [-0.1, -0.05) is 11.6 Å². The molecule has 25 heavy (non-hydrogen) atoms. The van der Waals surface area contributed by atoms with Crippen molar-refractivity contribution in [3.05, 3.63) is 40.2 Å². The quantitative estimate of drug-likeness (QED) is 0.855. The zero-order chi connectivity index (χ0) is 18.7. The summed E-state index contributed by atoms with van der Waals surface area (Å²) in [7, 11) is 5.38. The summed E-state index contributed by atoms with van der Waals surface area (Å²) in [4.78, 5) is 14.6. The van der Waals surface area contributed by atoms with E-state index >= 15 is 0 Å². The molecule has 0 unspecified atom stereocenters. The number of carbonyl (C=O) groups excluding carboxylic acids is 1. The number of nitrogens with zero attached hydrogens (tertiary/aromatic N) is 3. The van der Waals surface area contributed by atoms with Crippen molar-refractivity contribution < 1.29 is 9.53 Å². The van der Waals surface area contributed by atoms with Crippen molar-refractivity contribution in [1.29, 1.82) is 0 Å². The van der Waals surface area contributed by atoms with E-state index in [2.05, 4.69) is 10.4 Å². The van der Waals surface area contributed by atoms with Gasteiger partial charge in [0.25, 0.3) is 0 Å². The number of nitrogens with one attached hydrogen (secondary N) is 1. The van der Waals surface area contributed by atoms with Gasteiger partial charge in [-0.15, -0.1) is 0 Å². The minimum Gasteiger partial charge on any atom is -0.496 e. The molecule has 0 aliphatic heterocycles. The van der Waals surface area contributed by atoms with Crippen LogP contribution in [0.3, 0.4) is 0 Å². The Morgan fingerprint density at radius 3 is 2.68 bits per heavy atom. The average molecular weight is 365 g/mol. The van der Waals surface area contributed by atoms with Crippen LogP contribution in [0.15, 0.2) is 18.2 Å². The van der Waals surface area contributed by atoms with E-state index in [9.17, 15) is 4.79 Å². The molecule has 2 rings (SSSR count). The van der Waals surface area contributed by atoms with E-state index in [1.54, 1.807) is 17.9 Å². The smallest absolute Gasteiger partial charge is 0.241 e. The number of halogens is 1. The fraction of sp³-hybridized carbons (Fsp3) is 0.444. The molecule has 2 aromatic rings. The number of ether oxygens (including phenoxy) is 1. The normalized spacial score (nSPS) is 12.3. The van der Waals surface area contributed by atoms with Gasteiger partial charge in [-0.25, -0.2) is 0 Å². The van der Waals surface area contributed by atoms with Gasteiger partial charge in [0, 0.05) is 24.2 Å². The Morgan fingerprint density at radius 2 is 2.12 bits per heavy atom. The number of aryl methyl sites for hydroxylation is 2. The Bertz CT molecular complexity index is 773. The first-order valence-corrected chi connectivity index (χ1v) is 8.46. The molecule has 0 saturated carbocycles. The molecular formula is C18H25ClN4O2. The number of likely N-dealkylation sites (N-methyl/N-ethyl adjacent to an activating group) is 1. The monoisotopic (exact) mass is 364 g/mol. The Labute approximate surface area is 153 Å². The minimum atomic E-state index is -0.331. The highest BCUT2D eigenvalue weighted by Crippen LogP contribution is 2.25. The van der Waals surface area contributed by atoms with Crippen molar-refractivity contribution >= 4 is 23.2 Å². The van der Waals surface area contributed by atoms with Gasteiger partial charge in [-0.3, -0.25) is 14.4 Å². The highest BCUT2D eigenvalue weighted by atomic mass is 35.5. The molecule has 1 amide bonds. The highest BCUT2D eigenvalue weighted by molar-refractivity contribution is 6.30. The maximum Gasteiger partial charge on any atom is 0.241 e. The number of amides is 1. The number of rotatable bonds is 6. The third-order valence-corrected chi connectivity index (χ3v) is 4.70. The number of hydrogen-bond donors (Lipinski definition) is 1. The molecule has 0 fully saturated rings. The third kappa shape index (κ3) is 4.32. The molecule has 0 aliphatic rings. The summed E-state index contributed by atoms with van der Waals surface area (Å²) in [5.74, 6) is 0.672. The van der Waals surface area contributed by atoms with Gasteiger partial charge in [-0.2, -0.15) is 5.10 Å². The van der Waals surface area contributed by atoms with Crippen LogP contribution < -0.4 is 10.1 Å². The number of hydrogen-bond acceptors (Lipinski definition) is 4. The molecule has 7 heteroatoms. The topological polar surface area (TPSA) is 59.4 Å². The van der Waals surface area contributed by atoms with Crippen LogP contribution in [0.2, 0.25) is 5.02 Å². The van der Waals surface area contributed by atoms with Gasteiger partial charge in [-0.05, 0) is 46.0 Å². The Balaban J connectivity index is 2.10. The molecule has 0 spiro atoms. The predicted octanol–water partition coefficient (Wildman–Crippen LogP) is 3.16. The van der Waals surface area contributed by atoms with E-state index in [0.29, 0.717) is 11.6 Å². The second kappa shape index (κ2) is 7.89. The summed E-state index contributed by atoms with van der Waals surface area (Å²) in [6.45, 7) is 6.23. The van der Waals surface area contributed by atoms with E-state index in [4.69, 9.17) is 16.3 Å². The number of benzene rings is 1. The number of methoxy groups -OCH3 is 1. The standard InChI is InChI=1S/C18H25ClN4O2/c1-11-17(12(2)23(5)21-11)20-18(24)13(3)22(4)10-14-9-15(19)7-8-16(14)25-6/h7-9,13H,10H2,1-6H3,(H,20,24)/t13-/m0/s1. The Morgan fingerprint density at radius 1 is 1.44 bits per heavy atom. The van der Waals surface area contributed by atoms with Crippen LogP contribution in [-0.4, -0.2) is 40.8 Å². The molecule has 136 valence electrons. The van der Waals surface area contributed by atoms with Crippen LogP contribution in [0.5, 0.6) is 5.75 Å². The van der Waals surface area contributed by atoms with Crippen molar-refractivity contribution in [2.75, 3.05) is 19.5 Å². The summed E-state index contributed by atoms with van der Waals surface area (Å²) >= 11 is 6.08. The van der Waals surface area contributed by atoms with Gasteiger partial charge in [0.1, 0.15) is 5.75 Å². The maximum absolute atomic E-state index is 12.6. The third-order valence-electron chi connectivity index (χ3n) is 4.46. The molecule has 0 saturated heterocycles. The van der Waals surface area contributed by atoms with Crippen LogP contribution in [-0.2, 0) is 18.4 Å². The first-order valence-electron chi connectivity index (χ1n) is 8.08.